The standard InChI is InChI=1S/C17H22N2O4/c20-16(21)13-7-5-12(6-8-13)11-18-17(22)19-9-1-3-14(19)15-4-2-10-23-15/h5-8,14-15H,1-4,9-11H2,(H,18,22)(H,20,21). The molecule has 2 heterocycles. The normalized spacial score (nSPS) is 23.9. The van der Waals surface area contributed by atoms with Gasteiger partial charge >= 0.3 is 12.0 Å². The minimum absolute atomic E-state index is 0.0645. The highest BCUT2D eigenvalue weighted by molar-refractivity contribution is 5.87. The topological polar surface area (TPSA) is 78.9 Å². The lowest BCUT2D eigenvalue weighted by molar-refractivity contribution is 0.0520. The maximum absolute atomic E-state index is 12.4. The highest BCUT2D eigenvalue weighted by Gasteiger charge is 2.36. The van der Waals surface area contributed by atoms with Crippen molar-refractivity contribution >= 4 is 12.0 Å². The molecule has 0 spiro atoms. The number of hydrogen-bond donors (Lipinski definition) is 2. The first-order valence-electron chi connectivity index (χ1n) is 8.13. The number of nitrogens with zero attached hydrogens (tertiary/aromatic N) is 1. The molecule has 0 aliphatic carbocycles. The molecule has 1 aromatic rings. The van der Waals surface area contributed by atoms with Crippen LogP contribution >= 0.6 is 0 Å². The van der Waals surface area contributed by atoms with Crippen LogP contribution in [0.25, 0.3) is 0 Å². The van der Waals surface area contributed by atoms with E-state index in [1.165, 1.54) is 0 Å². The minimum Gasteiger partial charge on any atom is -0.478 e. The Kier molecular flexibility index (Phi) is 4.81. The molecule has 1 aromatic carbocycles. The van der Waals surface area contributed by atoms with Gasteiger partial charge in [0.2, 0.25) is 0 Å². The van der Waals surface area contributed by atoms with E-state index in [1.54, 1.807) is 24.3 Å². The number of likely N-dealkylation sites (tertiary alicyclic amines) is 1. The Bertz CT molecular complexity index is 566. The number of carbonyl (C=O) groups is 2. The van der Waals surface area contributed by atoms with Gasteiger partial charge in [-0.05, 0) is 43.4 Å². The van der Waals surface area contributed by atoms with E-state index in [1.807, 2.05) is 4.90 Å². The summed E-state index contributed by atoms with van der Waals surface area (Å²) in [4.78, 5) is 25.1. The van der Waals surface area contributed by atoms with Gasteiger partial charge in [-0.3, -0.25) is 0 Å². The number of carbonyl (C=O) groups excluding carboxylic acids is 1. The molecule has 2 N–H and O–H groups in total. The summed E-state index contributed by atoms with van der Waals surface area (Å²) >= 11 is 0. The zero-order valence-electron chi connectivity index (χ0n) is 13.0. The number of carboxylic acids is 1. The fraction of sp³-hybridized carbons (Fsp3) is 0.529. The molecule has 2 saturated heterocycles. The van der Waals surface area contributed by atoms with Crippen LogP contribution in [-0.4, -0.2) is 47.3 Å². The zero-order valence-corrected chi connectivity index (χ0v) is 13.0. The summed E-state index contributed by atoms with van der Waals surface area (Å²) in [6, 6.07) is 6.68. The second kappa shape index (κ2) is 7.00. The van der Waals surface area contributed by atoms with E-state index in [0.29, 0.717) is 6.54 Å². The van der Waals surface area contributed by atoms with E-state index in [0.717, 1.165) is 44.4 Å². The summed E-state index contributed by atoms with van der Waals surface area (Å²) in [5.41, 5.74) is 1.13. The Morgan fingerprint density at radius 1 is 1.22 bits per heavy atom. The maximum Gasteiger partial charge on any atom is 0.335 e. The molecule has 6 heteroatoms. The van der Waals surface area contributed by atoms with Gasteiger partial charge in [0.05, 0.1) is 17.7 Å². The van der Waals surface area contributed by atoms with E-state index < -0.39 is 5.97 Å². The fourth-order valence-corrected chi connectivity index (χ4v) is 3.38. The van der Waals surface area contributed by atoms with Crippen LogP contribution in [0.1, 0.15) is 41.6 Å². The van der Waals surface area contributed by atoms with Crippen molar-refractivity contribution in [3.05, 3.63) is 35.4 Å². The fourth-order valence-electron chi connectivity index (χ4n) is 3.38. The molecule has 6 nitrogen and oxygen atoms in total. The minimum atomic E-state index is -0.947. The molecule has 23 heavy (non-hydrogen) atoms. The van der Waals surface area contributed by atoms with Crippen molar-refractivity contribution in [2.24, 2.45) is 0 Å². The highest BCUT2D eigenvalue weighted by atomic mass is 16.5. The molecule has 3 rings (SSSR count). The molecule has 2 fully saturated rings. The van der Waals surface area contributed by atoms with Crippen LogP contribution in [-0.2, 0) is 11.3 Å². The molecule has 0 radical (unpaired) electrons. The number of benzene rings is 1. The average molecular weight is 318 g/mol. The van der Waals surface area contributed by atoms with Crippen LogP contribution in [0.2, 0.25) is 0 Å². The monoisotopic (exact) mass is 318 g/mol. The Labute approximate surface area is 135 Å². The third-order valence-corrected chi connectivity index (χ3v) is 4.60. The van der Waals surface area contributed by atoms with Gasteiger partial charge in [0, 0.05) is 19.7 Å². The molecule has 2 aliphatic heterocycles. The van der Waals surface area contributed by atoms with Crippen LogP contribution in [0.5, 0.6) is 0 Å². The van der Waals surface area contributed by atoms with Crippen LogP contribution in [0.15, 0.2) is 24.3 Å². The first kappa shape index (κ1) is 15.8. The van der Waals surface area contributed by atoms with Gasteiger partial charge in [-0.25, -0.2) is 9.59 Å². The van der Waals surface area contributed by atoms with Crippen molar-refractivity contribution < 1.29 is 19.4 Å². The van der Waals surface area contributed by atoms with Crippen molar-refractivity contribution in [1.82, 2.24) is 10.2 Å². The van der Waals surface area contributed by atoms with Crippen molar-refractivity contribution in [3.8, 4) is 0 Å². The quantitative estimate of drug-likeness (QED) is 0.892. The second-order valence-electron chi connectivity index (χ2n) is 6.12. The number of amides is 2. The Hall–Kier alpha value is -2.08. The van der Waals surface area contributed by atoms with E-state index in [-0.39, 0.29) is 23.7 Å². The van der Waals surface area contributed by atoms with Crippen LogP contribution in [0.3, 0.4) is 0 Å². The van der Waals surface area contributed by atoms with Gasteiger partial charge in [0.15, 0.2) is 0 Å². The molecular weight excluding hydrogens is 296 g/mol. The summed E-state index contributed by atoms with van der Waals surface area (Å²) < 4.78 is 5.74. The highest BCUT2D eigenvalue weighted by Crippen LogP contribution is 2.27. The summed E-state index contributed by atoms with van der Waals surface area (Å²) in [5, 5.41) is 11.8. The number of rotatable bonds is 4. The molecule has 0 bridgehead atoms. The van der Waals surface area contributed by atoms with Gasteiger partial charge < -0.3 is 20.1 Å². The van der Waals surface area contributed by atoms with Crippen molar-refractivity contribution in [2.45, 2.75) is 44.4 Å². The lowest BCUT2D eigenvalue weighted by Gasteiger charge is -2.29. The maximum atomic E-state index is 12.4. The van der Waals surface area contributed by atoms with Crippen LogP contribution < -0.4 is 5.32 Å². The summed E-state index contributed by atoms with van der Waals surface area (Å²) in [7, 11) is 0. The molecule has 2 amide bonds. The van der Waals surface area contributed by atoms with Gasteiger partial charge in [-0.15, -0.1) is 0 Å². The Morgan fingerprint density at radius 2 is 2.00 bits per heavy atom. The van der Waals surface area contributed by atoms with Crippen LogP contribution in [0, 0.1) is 0 Å². The summed E-state index contributed by atoms with van der Waals surface area (Å²) in [5.74, 6) is -0.947. The smallest absolute Gasteiger partial charge is 0.335 e. The molecule has 0 saturated carbocycles. The lowest BCUT2D eigenvalue weighted by atomic mass is 10.1. The third kappa shape index (κ3) is 3.64. The molecule has 2 atom stereocenters. The zero-order chi connectivity index (χ0) is 16.2. The molecule has 2 aliphatic rings. The van der Waals surface area contributed by atoms with Gasteiger partial charge in [-0.2, -0.15) is 0 Å². The average Bonchev–Trinajstić information content (AvgIpc) is 3.23. The van der Waals surface area contributed by atoms with E-state index >= 15 is 0 Å². The number of carboxylic acid groups (broad SMARTS) is 1. The van der Waals surface area contributed by atoms with E-state index in [2.05, 4.69) is 5.32 Å². The SMILES string of the molecule is O=C(O)c1ccc(CNC(=O)N2CCCC2C2CCCO2)cc1. The largest absolute Gasteiger partial charge is 0.478 e. The third-order valence-electron chi connectivity index (χ3n) is 4.60. The van der Waals surface area contributed by atoms with Crippen LogP contribution in [0.4, 0.5) is 4.79 Å². The van der Waals surface area contributed by atoms with Crippen molar-refractivity contribution in [3.63, 3.8) is 0 Å². The second-order valence-corrected chi connectivity index (χ2v) is 6.12. The predicted molar refractivity (Wildman–Crippen MR) is 84.3 cm³/mol. The number of ether oxygens (including phenoxy) is 1. The first-order valence-corrected chi connectivity index (χ1v) is 8.13. The Balaban J connectivity index is 1.55. The summed E-state index contributed by atoms with van der Waals surface area (Å²) in [6.07, 6.45) is 4.31. The van der Waals surface area contributed by atoms with E-state index in [4.69, 9.17) is 9.84 Å². The molecule has 0 aromatic heterocycles. The lowest BCUT2D eigenvalue weighted by Crippen LogP contribution is -2.47. The van der Waals surface area contributed by atoms with Gasteiger partial charge in [0.1, 0.15) is 0 Å². The number of hydrogen-bond acceptors (Lipinski definition) is 3. The van der Waals surface area contributed by atoms with Gasteiger partial charge in [0.25, 0.3) is 0 Å². The molecular formula is C17H22N2O4. The molecule has 2 unspecified atom stereocenters. The van der Waals surface area contributed by atoms with Crippen molar-refractivity contribution in [1.29, 1.82) is 0 Å². The van der Waals surface area contributed by atoms with Crippen molar-refractivity contribution in [2.75, 3.05) is 13.2 Å². The number of aromatic carboxylic acids is 1. The number of nitrogens with one attached hydrogen (secondary N) is 1. The van der Waals surface area contributed by atoms with Gasteiger partial charge in [-0.1, -0.05) is 12.1 Å². The first-order chi connectivity index (χ1) is 11.1. The predicted octanol–water partition coefficient (Wildman–Crippen LogP) is 2.24. The number of urea groups is 1. The van der Waals surface area contributed by atoms with E-state index in [9.17, 15) is 9.59 Å². The summed E-state index contributed by atoms with van der Waals surface area (Å²) in [6.45, 7) is 1.97. The molecule has 124 valence electrons. The Morgan fingerprint density at radius 3 is 2.65 bits per heavy atom.